The van der Waals surface area contributed by atoms with Crippen LogP contribution < -0.4 is 18.9 Å². The molecule has 50 heavy (non-hydrogen) atoms. The molecule has 0 spiro atoms. The number of hydrogen-bond acceptors (Lipinski definition) is 6. The lowest BCUT2D eigenvalue weighted by Gasteiger charge is -2.17. The van der Waals surface area contributed by atoms with Gasteiger partial charge in [0.2, 0.25) is 34.8 Å². The molecule has 5 aromatic rings. The molecule has 5 aromatic carbocycles. The summed E-state index contributed by atoms with van der Waals surface area (Å²) < 4.78 is 175. The highest BCUT2D eigenvalue weighted by Crippen LogP contribution is 2.44. The van der Waals surface area contributed by atoms with Crippen molar-refractivity contribution in [1.82, 2.24) is 0 Å². The molecule has 5 rings (SSSR count). The number of aryl methyl sites for hydroxylation is 1. The van der Waals surface area contributed by atoms with E-state index in [9.17, 15) is 21.8 Å². The van der Waals surface area contributed by atoms with Crippen molar-refractivity contribution < 1.29 is 67.0 Å². The summed E-state index contributed by atoms with van der Waals surface area (Å²) in [6, 6.07) is 11.6. The van der Waals surface area contributed by atoms with E-state index >= 15 is 26.3 Å². The molecule has 0 fully saturated rings. The molecule has 0 aliphatic rings. The Morgan fingerprint density at radius 3 is 1.56 bits per heavy atom. The zero-order chi connectivity index (χ0) is 36.7. The fourth-order valence-electron chi connectivity index (χ4n) is 4.51. The van der Waals surface area contributed by atoms with Gasteiger partial charge in [-0.1, -0.05) is 12.0 Å². The second-order valence-corrected chi connectivity index (χ2v) is 11.5. The van der Waals surface area contributed by atoms with Crippen molar-refractivity contribution in [2.75, 3.05) is 7.11 Å². The van der Waals surface area contributed by atoms with Gasteiger partial charge < -0.3 is 18.9 Å². The van der Waals surface area contributed by atoms with E-state index in [-0.39, 0.29) is 28.6 Å². The summed E-state index contributed by atoms with van der Waals surface area (Å²) in [4.78, 5) is -1.22. The summed E-state index contributed by atoms with van der Waals surface area (Å²) in [5.74, 6) is -22.7. The summed E-state index contributed by atoms with van der Waals surface area (Å²) in [6.07, 6.45) is 5.43. The summed E-state index contributed by atoms with van der Waals surface area (Å²) in [5.41, 5.74) is -3.51. The van der Waals surface area contributed by atoms with Gasteiger partial charge in [-0.2, -0.15) is 26.0 Å². The number of hydrogen-bond donors (Lipinski definition) is 1. The van der Waals surface area contributed by atoms with Gasteiger partial charge in [-0.05, 0) is 61.0 Å². The van der Waals surface area contributed by atoms with Gasteiger partial charge in [-0.25, -0.2) is 17.6 Å². The van der Waals surface area contributed by atoms with E-state index in [0.29, 0.717) is 17.7 Å². The van der Waals surface area contributed by atoms with Crippen molar-refractivity contribution in [1.29, 1.82) is 0 Å². The Bertz CT molecular complexity index is 2270. The van der Waals surface area contributed by atoms with Crippen LogP contribution >= 0.6 is 0 Å². The lowest BCUT2D eigenvalue weighted by Crippen LogP contribution is -2.10. The van der Waals surface area contributed by atoms with Crippen LogP contribution in [0.1, 0.15) is 11.1 Å². The third kappa shape index (κ3) is 6.60. The van der Waals surface area contributed by atoms with E-state index in [1.54, 1.807) is 13.0 Å². The van der Waals surface area contributed by atoms with E-state index < -0.39 is 89.9 Å². The Labute approximate surface area is 278 Å². The molecule has 0 heterocycles. The lowest BCUT2D eigenvalue weighted by atomic mass is 10.0. The van der Waals surface area contributed by atoms with Gasteiger partial charge in [-0.15, -0.1) is 6.42 Å². The van der Waals surface area contributed by atoms with Crippen LogP contribution in [0.25, 0.3) is 11.1 Å². The van der Waals surface area contributed by atoms with Gasteiger partial charge >= 0.3 is 0 Å². The molecular formula is C34H18F8O7S. The first-order chi connectivity index (χ1) is 23.6. The maximum Gasteiger partial charge on any atom is 0.298 e. The normalized spacial score (nSPS) is 11.2. The fourth-order valence-corrected chi connectivity index (χ4v) is 5.14. The Morgan fingerprint density at radius 1 is 0.600 bits per heavy atom. The average molecular weight is 723 g/mol. The fraction of sp³-hybridized carbons (Fsp3) is 0.0588. The molecule has 0 aliphatic heterocycles. The predicted octanol–water partition coefficient (Wildman–Crippen LogP) is 9.39. The minimum Gasteiger partial charge on any atom is -0.497 e. The van der Waals surface area contributed by atoms with E-state index in [0.717, 1.165) is 18.2 Å². The molecule has 0 amide bonds. The Balaban J connectivity index is 1.57. The maximum atomic E-state index is 15.3. The molecule has 0 aliphatic carbocycles. The molecule has 16 heteroatoms. The van der Waals surface area contributed by atoms with Gasteiger partial charge in [-0.3, -0.25) is 4.55 Å². The molecule has 7 nitrogen and oxygen atoms in total. The first-order valence-electron chi connectivity index (χ1n) is 13.7. The van der Waals surface area contributed by atoms with Gasteiger partial charge in [0.05, 0.1) is 23.8 Å². The average Bonchev–Trinajstić information content (AvgIpc) is 3.08. The SMILES string of the molecule is C#Cc1ccc(C)cc1Oc1ccc(Oc2c(F)c(F)c(-c3c(F)c(F)c(Oc4ccc(OC)cc4)c(F)c3F)c(F)c2F)c(S(=O)(=O)O)c1. The van der Waals surface area contributed by atoms with E-state index in [2.05, 4.69) is 5.92 Å². The smallest absolute Gasteiger partial charge is 0.298 e. The number of benzene rings is 5. The quantitative estimate of drug-likeness (QED) is 0.0702. The highest BCUT2D eigenvalue weighted by Gasteiger charge is 2.36. The summed E-state index contributed by atoms with van der Waals surface area (Å²) in [5, 5.41) is 0. The molecule has 0 bridgehead atoms. The van der Waals surface area contributed by atoms with Gasteiger partial charge in [0, 0.05) is 6.07 Å². The van der Waals surface area contributed by atoms with Crippen LogP contribution in [0.5, 0.6) is 40.2 Å². The van der Waals surface area contributed by atoms with Crippen molar-refractivity contribution >= 4 is 10.1 Å². The Kier molecular flexibility index (Phi) is 9.67. The third-order valence-corrected chi connectivity index (χ3v) is 7.78. The molecule has 1 N–H and O–H groups in total. The van der Waals surface area contributed by atoms with Crippen molar-refractivity contribution in [3.8, 4) is 63.7 Å². The van der Waals surface area contributed by atoms with Crippen molar-refractivity contribution in [3.05, 3.63) is 118 Å². The molecule has 0 aromatic heterocycles. The van der Waals surface area contributed by atoms with Gasteiger partial charge in [0.1, 0.15) is 33.6 Å². The minimum atomic E-state index is -5.32. The molecule has 0 radical (unpaired) electrons. The zero-order valence-corrected chi connectivity index (χ0v) is 26.0. The lowest BCUT2D eigenvalue weighted by molar-refractivity contribution is 0.356. The highest BCUT2D eigenvalue weighted by molar-refractivity contribution is 7.86. The number of methoxy groups -OCH3 is 1. The van der Waals surface area contributed by atoms with Crippen LogP contribution in [0, 0.1) is 65.8 Å². The molecule has 258 valence electrons. The van der Waals surface area contributed by atoms with Crippen LogP contribution in [-0.2, 0) is 10.1 Å². The van der Waals surface area contributed by atoms with Crippen molar-refractivity contribution in [3.63, 3.8) is 0 Å². The van der Waals surface area contributed by atoms with Crippen molar-refractivity contribution in [2.45, 2.75) is 11.8 Å². The Morgan fingerprint density at radius 2 is 1.08 bits per heavy atom. The number of terminal acetylenes is 1. The first-order valence-corrected chi connectivity index (χ1v) is 15.1. The largest absolute Gasteiger partial charge is 0.497 e. The van der Waals surface area contributed by atoms with Crippen molar-refractivity contribution in [2.24, 2.45) is 0 Å². The zero-order valence-electron chi connectivity index (χ0n) is 25.2. The molecule has 0 saturated carbocycles. The van der Waals surface area contributed by atoms with Gasteiger partial charge in [0.15, 0.2) is 23.3 Å². The summed E-state index contributed by atoms with van der Waals surface area (Å²) in [7, 11) is -4.02. The molecular weight excluding hydrogens is 704 g/mol. The van der Waals surface area contributed by atoms with Crippen LogP contribution in [0.4, 0.5) is 35.1 Å². The maximum absolute atomic E-state index is 15.3. The predicted molar refractivity (Wildman–Crippen MR) is 160 cm³/mol. The van der Waals surface area contributed by atoms with E-state index in [4.69, 9.17) is 25.4 Å². The highest BCUT2D eigenvalue weighted by atomic mass is 32.2. The topological polar surface area (TPSA) is 91.3 Å². The first kappa shape index (κ1) is 35.5. The molecule has 0 atom stereocenters. The second-order valence-electron chi connectivity index (χ2n) is 10.1. The monoisotopic (exact) mass is 722 g/mol. The van der Waals surface area contributed by atoms with E-state index in [1.807, 2.05) is 0 Å². The Hall–Kier alpha value is -5.79. The standard InChI is InChI=1S/C34H18F8O7S/c1-4-16-6-5-15(2)13-21(16)47-19-11-12-20(22(14-19)50(43,44)45)49-34-31(41)27(37)24(28(38)32(34)42)23-25(35)29(39)33(30(40)26(23)36)48-18-9-7-17(46-3)8-10-18/h1,5-14H,2-3H3,(H,43,44,45). The van der Waals surface area contributed by atoms with Crippen LogP contribution in [0.2, 0.25) is 0 Å². The van der Waals surface area contributed by atoms with Gasteiger partial charge in [0.25, 0.3) is 10.1 Å². The van der Waals surface area contributed by atoms with E-state index in [1.165, 1.54) is 31.4 Å². The molecule has 0 saturated heterocycles. The second kappa shape index (κ2) is 13.6. The van der Waals surface area contributed by atoms with Crippen LogP contribution in [0.3, 0.4) is 0 Å². The number of halogens is 8. The third-order valence-electron chi connectivity index (χ3n) is 6.90. The van der Waals surface area contributed by atoms with Crippen LogP contribution in [-0.4, -0.2) is 20.1 Å². The summed E-state index contributed by atoms with van der Waals surface area (Å²) >= 11 is 0. The number of rotatable bonds is 9. The minimum absolute atomic E-state index is 0.0620. The van der Waals surface area contributed by atoms with Crippen LogP contribution in [0.15, 0.2) is 65.6 Å². The molecule has 0 unspecified atom stereocenters. The summed E-state index contributed by atoms with van der Waals surface area (Å²) in [6.45, 7) is 1.68. The number of ether oxygens (including phenoxy) is 4.